The van der Waals surface area contributed by atoms with Gasteiger partial charge in [0.25, 0.3) is 0 Å². The van der Waals surface area contributed by atoms with Crippen LogP contribution in [0.3, 0.4) is 0 Å². The van der Waals surface area contributed by atoms with Gasteiger partial charge < -0.3 is 4.74 Å². The summed E-state index contributed by atoms with van der Waals surface area (Å²) in [6, 6.07) is 5.97. The highest BCUT2D eigenvalue weighted by molar-refractivity contribution is 6.01. The molecule has 0 saturated carbocycles. The lowest BCUT2D eigenvalue weighted by molar-refractivity contribution is -0.138. The third kappa shape index (κ3) is 3.34. The number of aryl methyl sites for hydroxylation is 2. The SMILES string of the molecule is Cc1ccc(OCCCN2C(=O)CCC2=O)cc1C. The standard InChI is InChI=1S/C15H19NO3/c1-11-4-5-13(10-12(11)2)19-9-3-8-16-14(17)6-7-15(16)18/h4-5,10H,3,6-9H2,1-2H3. The van der Waals surface area contributed by atoms with Gasteiger partial charge in [0.05, 0.1) is 6.61 Å². The van der Waals surface area contributed by atoms with Crippen molar-refractivity contribution in [1.29, 1.82) is 0 Å². The second-order valence-electron chi connectivity index (χ2n) is 4.89. The van der Waals surface area contributed by atoms with Crippen LogP contribution in [-0.2, 0) is 9.59 Å². The van der Waals surface area contributed by atoms with Crippen molar-refractivity contribution in [3.05, 3.63) is 29.3 Å². The number of carbonyl (C=O) groups is 2. The Hall–Kier alpha value is -1.84. The fourth-order valence-corrected chi connectivity index (χ4v) is 2.09. The molecule has 0 radical (unpaired) electrons. The second kappa shape index (κ2) is 5.87. The molecule has 0 unspecified atom stereocenters. The topological polar surface area (TPSA) is 46.6 Å². The molecule has 1 aliphatic rings. The number of imide groups is 1. The Morgan fingerprint density at radius 1 is 1.11 bits per heavy atom. The maximum atomic E-state index is 11.4. The first kappa shape index (κ1) is 13.6. The molecule has 1 aliphatic heterocycles. The van der Waals surface area contributed by atoms with Crippen LogP contribution < -0.4 is 4.74 Å². The van der Waals surface area contributed by atoms with Gasteiger partial charge in [0.1, 0.15) is 5.75 Å². The first-order valence-corrected chi connectivity index (χ1v) is 6.61. The third-order valence-electron chi connectivity index (χ3n) is 3.43. The van der Waals surface area contributed by atoms with E-state index in [1.165, 1.54) is 16.0 Å². The van der Waals surface area contributed by atoms with Crippen LogP contribution in [-0.4, -0.2) is 29.9 Å². The van der Waals surface area contributed by atoms with Gasteiger partial charge in [0, 0.05) is 19.4 Å². The number of benzene rings is 1. The molecule has 0 aliphatic carbocycles. The Labute approximate surface area is 113 Å². The monoisotopic (exact) mass is 261 g/mol. The quantitative estimate of drug-likeness (QED) is 0.603. The van der Waals surface area contributed by atoms with Crippen LogP contribution in [0.1, 0.15) is 30.4 Å². The molecule has 2 amide bonds. The van der Waals surface area contributed by atoms with Crippen molar-refractivity contribution in [2.75, 3.05) is 13.2 Å². The normalized spacial score (nSPS) is 15.2. The molecule has 2 rings (SSSR count). The first-order valence-electron chi connectivity index (χ1n) is 6.61. The maximum Gasteiger partial charge on any atom is 0.229 e. The number of carbonyl (C=O) groups excluding carboxylic acids is 2. The molecule has 1 heterocycles. The summed E-state index contributed by atoms with van der Waals surface area (Å²) in [5.74, 6) is 0.717. The molecular weight excluding hydrogens is 242 g/mol. The summed E-state index contributed by atoms with van der Waals surface area (Å²) >= 11 is 0. The van der Waals surface area contributed by atoms with Crippen molar-refractivity contribution in [3.8, 4) is 5.75 Å². The summed E-state index contributed by atoms with van der Waals surface area (Å²) in [6.07, 6.45) is 1.39. The van der Waals surface area contributed by atoms with Gasteiger partial charge in [-0.1, -0.05) is 6.07 Å². The smallest absolute Gasteiger partial charge is 0.229 e. The zero-order valence-corrected chi connectivity index (χ0v) is 11.4. The van der Waals surface area contributed by atoms with Gasteiger partial charge >= 0.3 is 0 Å². The van der Waals surface area contributed by atoms with Crippen molar-refractivity contribution >= 4 is 11.8 Å². The molecule has 0 spiro atoms. The van der Waals surface area contributed by atoms with E-state index in [1.54, 1.807) is 0 Å². The van der Waals surface area contributed by atoms with Gasteiger partial charge in [0.15, 0.2) is 0 Å². The molecule has 0 bridgehead atoms. The third-order valence-corrected chi connectivity index (χ3v) is 3.43. The summed E-state index contributed by atoms with van der Waals surface area (Å²) in [5, 5.41) is 0. The van der Waals surface area contributed by atoms with Gasteiger partial charge in [0.2, 0.25) is 11.8 Å². The number of nitrogens with zero attached hydrogens (tertiary/aromatic N) is 1. The van der Waals surface area contributed by atoms with Crippen LogP contribution in [0.4, 0.5) is 0 Å². The van der Waals surface area contributed by atoms with Crippen molar-refractivity contribution in [1.82, 2.24) is 4.90 Å². The van der Waals surface area contributed by atoms with Crippen LogP contribution in [0.15, 0.2) is 18.2 Å². The Morgan fingerprint density at radius 2 is 1.79 bits per heavy atom. The van der Waals surface area contributed by atoms with Crippen LogP contribution in [0, 0.1) is 13.8 Å². The van der Waals surface area contributed by atoms with E-state index >= 15 is 0 Å². The minimum absolute atomic E-state index is 0.0591. The summed E-state index contributed by atoms with van der Waals surface area (Å²) in [4.78, 5) is 24.1. The van der Waals surface area contributed by atoms with Crippen molar-refractivity contribution in [3.63, 3.8) is 0 Å². The highest BCUT2D eigenvalue weighted by Gasteiger charge is 2.27. The van der Waals surface area contributed by atoms with Crippen LogP contribution in [0.25, 0.3) is 0 Å². The second-order valence-corrected chi connectivity index (χ2v) is 4.89. The van der Waals surface area contributed by atoms with Crippen LogP contribution in [0.2, 0.25) is 0 Å². The molecule has 0 atom stereocenters. The van der Waals surface area contributed by atoms with Crippen molar-refractivity contribution < 1.29 is 14.3 Å². The van der Waals surface area contributed by atoms with E-state index in [0.29, 0.717) is 32.4 Å². The number of rotatable bonds is 5. The predicted molar refractivity (Wildman–Crippen MR) is 72.0 cm³/mol. The van der Waals surface area contributed by atoms with Crippen LogP contribution in [0.5, 0.6) is 5.75 Å². The molecule has 4 nitrogen and oxygen atoms in total. The minimum atomic E-state index is -0.0591. The average Bonchev–Trinajstić information content (AvgIpc) is 2.70. The summed E-state index contributed by atoms with van der Waals surface area (Å²) in [5.41, 5.74) is 2.43. The average molecular weight is 261 g/mol. The number of amides is 2. The molecule has 0 aromatic heterocycles. The minimum Gasteiger partial charge on any atom is -0.494 e. The van der Waals surface area contributed by atoms with Gasteiger partial charge in [-0.25, -0.2) is 0 Å². The molecule has 19 heavy (non-hydrogen) atoms. The van der Waals surface area contributed by atoms with E-state index in [4.69, 9.17) is 4.74 Å². The largest absolute Gasteiger partial charge is 0.494 e. The highest BCUT2D eigenvalue weighted by Crippen LogP contribution is 2.17. The van der Waals surface area contributed by atoms with E-state index in [-0.39, 0.29) is 11.8 Å². The lowest BCUT2D eigenvalue weighted by atomic mass is 10.1. The zero-order valence-electron chi connectivity index (χ0n) is 11.4. The van der Waals surface area contributed by atoms with E-state index in [1.807, 2.05) is 25.1 Å². The number of likely N-dealkylation sites (tertiary alicyclic amines) is 1. The molecular formula is C15H19NO3. The van der Waals surface area contributed by atoms with E-state index in [0.717, 1.165) is 5.75 Å². The van der Waals surface area contributed by atoms with Gasteiger partial charge in [-0.2, -0.15) is 0 Å². The molecule has 0 N–H and O–H groups in total. The number of hydrogen-bond donors (Lipinski definition) is 0. The molecule has 4 heteroatoms. The zero-order chi connectivity index (χ0) is 13.8. The van der Waals surface area contributed by atoms with E-state index in [9.17, 15) is 9.59 Å². The van der Waals surface area contributed by atoms with Gasteiger partial charge in [-0.3, -0.25) is 14.5 Å². The summed E-state index contributed by atoms with van der Waals surface area (Å²) in [7, 11) is 0. The van der Waals surface area contributed by atoms with E-state index in [2.05, 4.69) is 6.92 Å². The van der Waals surface area contributed by atoms with E-state index < -0.39 is 0 Å². The molecule has 1 aromatic rings. The molecule has 1 fully saturated rings. The summed E-state index contributed by atoms with van der Waals surface area (Å²) in [6.45, 7) is 5.08. The fourth-order valence-electron chi connectivity index (χ4n) is 2.09. The van der Waals surface area contributed by atoms with Gasteiger partial charge in [-0.05, 0) is 43.5 Å². The molecule has 1 saturated heterocycles. The highest BCUT2D eigenvalue weighted by atomic mass is 16.5. The van der Waals surface area contributed by atoms with Crippen molar-refractivity contribution in [2.45, 2.75) is 33.1 Å². The lowest BCUT2D eigenvalue weighted by Crippen LogP contribution is -2.30. The lowest BCUT2D eigenvalue weighted by Gasteiger charge is -2.14. The first-order chi connectivity index (χ1) is 9.08. The molecule has 1 aromatic carbocycles. The Morgan fingerprint density at radius 3 is 2.42 bits per heavy atom. The fraction of sp³-hybridized carbons (Fsp3) is 0.467. The molecule has 102 valence electrons. The van der Waals surface area contributed by atoms with Crippen LogP contribution >= 0.6 is 0 Å². The predicted octanol–water partition coefficient (Wildman–Crippen LogP) is 2.22. The van der Waals surface area contributed by atoms with Crippen molar-refractivity contribution in [2.24, 2.45) is 0 Å². The summed E-state index contributed by atoms with van der Waals surface area (Å²) < 4.78 is 5.62. The van der Waals surface area contributed by atoms with Gasteiger partial charge in [-0.15, -0.1) is 0 Å². The Balaban J connectivity index is 1.76. The Bertz CT molecular complexity index is 480. The number of ether oxygens (including phenoxy) is 1. The Kier molecular flexibility index (Phi) is 4.20. The number of hydrogen-bond acceptors (Lipinski definition) is 3. The maximum absolute atomic E-state index is 11.4.